The molecule has 0 radical (unpaired) electrons. The van der Waals surface area contributed by atoms with Crippen LogP contribution in [0.25, 0.3) is 22.3 Å². The number of benzene rings is 7. The summed E-state index contributed by atoms with van der Waals surface area (Å²) in [6.45, 7) is 18.4. The molecule has 0 spiro atoms. The number of nitrogens with zero attached hydrogens (tertiary/aromatic N) is 1. The molecule has 0 saturated heterocycles. The molecule has 3 heteroatoms. The van der Waals surface area contributed by atoms with E-state index in [4.69, 9.17) is 0 Å². The standard InChI is InChI=1S/C50H45B2N/c1-30-17-19-46-42(25-30)51(48-34(5)21-32(3)22-35(48)6)44-28-41(40-16-12-15-39(27-40)38-13-10-9-11-14-38)29-45-50(44)53(46)47-20-18-31(2)26-43(47)52(45)49-36(7)23-33(4)24-37(49)8/h9-29H,1-8H3. The van der Waals surface area contributed by atoms with Crippen molar-refractivity contribution in [2.75, 3.05) is 4.90 Å². The number of anilines is 3. The molecule has 0 amide bonds. The highest BCUT2D eigenvalue weighted by Crippen LogP contribution is 2.40. The van der Waals surface area contributed by atoms with Crippen LogP contribution in [0.4, 0.5) is 17.1 Å². The van der Waals surface area contributed by atoms with Gasteiger partial charge >= 0.3 is 0 Å². The van der Waals surface area contributed by atoms with E-state index < -0.39 is 0 Å². The predicted octanol–water partition coefficient (Wildman–Crippen LogP) is 8.62. The average Bonchev–Trinajstić information content (AvgIpc) is 3.12. The first-order valence-corrected chi connectivity index (χ1v) is 19.1. The quantitative estimate of drug-likeness (QED) is 0.168. The minimum atomic E-state index is 0.0839. The van der Waals surface area contributed by atoms with E-state index in [0.717, 1.165) is 0 Å². The smallest absolute Gasteiger partial charge is 0.247 e. The summed E-state index contributed by atoms with van der Waals surface area (Å²) in [6, 6.07) is 48.8. The van der Waals surface area contributed by atoms with E-state index in [1.165, 1.54) is 117 Å². The molecule has 0 atom stereocenters. The van der Waals surface area contributed by atoms with E-state index in [1.54, 1.807) is 0 Å². The zero-order chi connectivity index (χ0) is 36.7. The molecule has 0 fully saturated rings. The normalized spacial score (nSPS) is 12.8. The Morgan fingerprint density at radius 1 is 0.340 bits per heavy atom. The summed E-state index contributed by atoms with van der Waals surface area (Å²) in [7, 11) is 0. The molecular formula is C50H45B2N. The third-order valence-corrected chi connectivity index (χ3v) is 11.8. The van der Waals surface area contributed by atoms with Gasteiger partial charge in [0.1, 0.15) is 0 Å². The molecule has 9 rings (SSSR count). The highest BCUT2D eigenvalue weighted by atomic mass is 15.2. The lowest BCUT2D eigenvalue weighted by atomic mass is 9.29. The van der Waals surface area contributed by atoms with E-state index in [0.29, 0.717) is 0 Å². The Labute approximate surface area is 316 Å². The zero-order valence-corrected chi connectivity index (χ0v) is 32.2. The third kappa shape index (κ3) is 5.40. The lowest BCUT2D eigenvalue weighted by molar-refractivity contribution is 1.28. The molecule has 0 bridgehead atoms. The number of aryl methyl sites for hydroxylation is 8. The van der Waals surface area contributed by atoms with Gasteiger partial charge in [0.15, 0.2) is 0 Å². The van der Waals surface area contributed by atoms with Gasteiger partial charge in [-0.2, -0.15) is 0 Å². The van der Waals surface area contributed by atoms with Crippen molar-refractivity contribution in [2.45, 2.75) is 55.4 Å². The van der Waals surface area contributed by atoms with Gasteiger partial charge in [0.05, 0.1) is 0 Å². The molecule has 53 heavy (non-hydrogen) atoms. The molecule has 7 aromatic carbocycles. The fourth-order valence-corrected chi connectivity index (χ4v) is 9.89. The molecule has 1 nitrogen and oxygen atoms in total. The van der Waals surface area contributed by atoms with Crippen molar-refractivity contribution in [3.63, 3.8) is 0 Å². The van der Waals surface area contributed by atoms with Gasteiger partial charge in [-0.1, -0.05) is 165 Å². The largest absolute Gasteiger partial charge is 0.313 e. The van der Waals surface area contributed by atoms with Crippen LogP contribution in [0.1, 0.15) is 44.5 Å². The van der Waals surface area contributed by atoms with Gasteiger partial charge in [-0.3, -0.25) is 0 Å². The Hall–Kier alpha value is -5.53. The first kappa shape index (κ1) is 33.3. The molecular weight excluding hydrogens is 636 g/mol. The van der Waals surface area contributed by atoms with Gasteiger partial charge in [-0.25, -0.2) is 0 Å². The Balaban J connectivity index is 1.43. The fourth-order valence-electron chi connectivity index (χ4n) is 9.89. The van der Waals surface area contributed by atoms with E-state index >= 15 is 0 Å². The summed E-state index contributed by atoms with van der Waals surface area (Å²) in [5.74, 6) is 0. The van der Waals surface area contributed by atoms with Gasteiger partial charge < -0.3 is 4.90 Å². The molecule has 0 aromatic heterocycles. The zero-order valence-electron chi connectivity index (χ0n) is 32.2. The maximum Gasteiger partial charge on any atom is 0.247 e. The molecule has 2 aliphatic rings. The van der Waals surface area contributed by atoms with Crippen LogP contribution in [-0.2, 0) is 0 Å². The molecule has 0 unspecified atom stereocenters. The van der Waals surface area contributed by atoms with Crippen LogP contribution < -0.4 is 37.7 Å². The van der Waals surface area contributed by atoms with Crippen molar-refractivity contribution >= 4 is 63.3 Å². The lowest BCUT2D eigenvalue weighted by Gasteiger charge is -2.45. The van der Waals surface area contributed by atoms with Gasteiger partial charge in [0.25, 0.3) is 0 Å². The molecule has 256 valence electrons. The van der Waals surface area contributed by atoms with Crippen molar-refractivity contribution in [3.05, 3.63) is 172 Å². The van der Waals surface area contributed by atoms with Gasteiger partial charge in [-0.15, -0.1) is 0 Å². The van der Waals surface area contributed by atoms with Crippen LogP contribution in [0.3, 0.4) is 0 Å². The Bertz CT molecular complexity index is 2430. The minimum Gasteiger partial charge on any atom is -0.313 e. The van der Waals surface area contributed by atoms with Crippen LogP contribution in [0, 0.1) is 55.4 Å². The Kier molecular flexibility index (Phi) is 7.89. The molecule has 0 saturated carbocycles. The maximum atomic E-state index is 2.61. The number of fused-ring (bicyclic) bond motifs is 4. The molecule has 7 aromatic rings. The van der Waals surface area contributed by atoms with Crippen LogP contribution in [0.2, 0.25) is 0 Å². The second-order valence-electron chi connectivity index (χ2n) is 15.9. The Morgan fingerprint density at radius 2 is 0.774 bits per heavy atom. The van der Waals surface area contributed by atoms with Crippen molar-refractivity contribution < 1.29 is 0 Å². The summed E-state index contributed by atoms with van der Waals surface area (Å²) < 4.78 is 0. The van der Waals surface area contributed by atoms with Crippen molar-refractivity contribution in [1.82, 2.24) is 0 Å². The average molecular weight is 682 g/mol. The fraction of sp³-hybridized carbons (Fsp3) is 0.160. The second-order valence-corrected chi connectivity index (χ2v) is 15.9. The Morgan fingerprint density at radius 3 is 1.25 bits per heavy atom. The number of hydrogen-bond acceptors (Lipinski definition) is 1. The molecule has 2 heterocycles. The summed E-state index contributed by atoms with van der Waals surface area (Å²) >= 11 is 0. The maximum absolute atomic E-state index is 2.61. The van der Waals surface area contributed by atoms with Crippen molar-refractivity contribution in [3.8, 4) is 22.3 Å². The molecule has 2 aliphatic heterocycles. The SMILES string of the molecule is Cc1cc(C)c(B2c3cc(C)ccc3N3c4ccc(C)cc4B(c4c(C)cc(C)cc4C)c4cc(-c5cccc(-c6ccccc6)c5)cc2c43)c(C)c1. The minimum absolute atomic E-state index is 0.0839. The van der Waals surface area contributed by atoms with Crippen molar-refractivity contribution in [1.29, 1.82) is 0 Å². The topological polar surface area (TPSA) is 3.24 Å². The summed E-state index contributed by atoms with van der Waals surface area (Å²) in [6.07, 6.45) is 0. The summed E-state index contributed by atoms with van der Waals surface area (Å²) in [5.41, 5.74) is 27.9. The highest BCUT2D eigenvalue weighted by molar-refractivity contribution is 7.02. The van der Waals surface area contributed by atoms with Gasteiger partial charge in [0.2, 0.25) is 13.4 Å². The molecule has 0 N–H and O–H groups in total. The first-order chi connectivity index (χ1) is 25.6. The third-order valence-electron chi connectivity index (χ3n) is 11.8. The predicted molar refractivity (Wildman–Crippen MR) is 232 cm³/mol. The van der Waals surface area contributed by atoms with E-state index in [-0.39, 0.29) is 13.4 Å². The van der Waals surface area contributed by atoms with Gasteiger partial charge in [0, 0.05) is 17.1 Å². The highest BCUT2D eigenvalue weighted by Gasteiger charge is 2.45. The van der Waals surface area contributed by atoms with E-state index in [9.17, 15) is 0 Å². The number of rotatable bonds is 4. The van der Waals surface area contributed by atoms with Crippen LogP contribution in [0.15, 0.2) is 127 Å². The van der Waals surface area contributed by atoms with Gasteiger partial charge in [-0.05, 0) is 118 Å². The van der Waals surface area contributed by atoms with Crippen LogP contribution in [-0.4, -0.2) is 13.4 Å². The van der Waals surface area contributed by atoms with Crippen molar-refractivity contribution in [2.24, 2.45) is 0 Å². The number of hydrogen-bond donors (Lipinski definition) is 0. The van der Waals surface area contributed by atoms with Crippen LogP contribution >= 0.6 is 0 Å². The second kappa shape index (κ2) is 12.6. The van der Waals surface area contributed by atoms with E-state index in [1.807, 2.05) is 0 Å². The van der Waals surface area contributed by atoms with E-state index in [2.05, 4.69) is 188 Å². The summed E-state index contributed by atoms with van der Waals surface area (Å²) in [4.78, 5) is 2.61. The monoisotopic (exact) mass is 681 g/mol. The lowest BCUT2D eigenvalue weighted by Crippen LogP contribution is -2.66. The molecule has 0 aliphatic carbocycles. The first-order valence-electron chi connectivity index (χ1n) is 19.1. The summed E-state index contributed by atoms with van der Waals surface area (Å²) in [5, 5.41) is 0. The van der Waals surface area contributed by atoms with Crippen LogP contribution in [0.5, 0.6) is 0 Å².